The average molecular weight is 383 g/mol. The zero-order chi connectivity index (χ0) is 18.4. The maximum absolute atomic E-state index is 12.5. The Balaban J connectivity index is 2.14. The van der Waals surface area contributed by atoms with E-state index in [-0.39, 0.29) is 17.2 Å². The highest BCUT2D eigenvalue weighted by atomic mass is 35.5. The Kier molecular flexibility index (Phi) is 6.70. The Hall–Kier alpha value is -1.76. The SMILES string of the molecule is CCN(CC)c1ccc(CNS(=O)(=O)c2cc(Cl)ccc2OC)cc1. The smallest absolute Gasteiger partial charge is 0.244 e. The van der Waals surface area contributed by atoms with Gasteiger partial charge in [0.15, 0.2) is 0 Å². The van der Waals surface area contributed by atoms with Crippen LogP contribution in [0, 0.1) is 0 Å². The fourth-order valence-electron chi connectivity index (χ4n) is 2.53. The second-order valence-corrected chi connectivity index (χ2v) is 7.63. The van der Waals surface area contributed by atoms with Crippen LogP contribution in [0.3, 0.4) is 0 Å². The first kappa shape index (κ1) is 19.6. The van der Waals surface area contributed by atoms with Crippen LogP contribution in [0.5, 0.6) is 5.75 Å². The van der Waals surface area contributed by atoms with Gasteiger partial charge >= 0.3 is 0 Å². The normalized spacial score (nSPS) is 11.4. The van der Waals surface area contributed by atoms with Gasteiger partial charge in [0.2, 0.25) is 10.0 Å². The van der Waals surface area contributed by atoms with Gasteiger partial charge in [-0.15, -0.1) is 0 Å². The predicted molar refractivity (Wildman–Crippen MR) is 102 cm³/mol. The third-order valence-electron chi connectivity index (χ3n) is 3.95. The summed E-state index contributed by atoms with van der Waals surface area (Å²) in [7, 11) is -2.30. The molecule has 0 fully saturated rings. The molecule has 0 aromatic heterocycles. The summed E-state index contributed by atoms with van der Waals surface area (Å²) in [4.78, 5) is 2.26. The molecule has 2 aromatic rings. The van der Waals surface area contributed by atoms with E-state index < -0.39 is 10.0 Å². The summed E-state index contributed by atoms with van der Waals surface area (Å²) in [6.07, 6.45) is 0. The monoisotopic (exact) mass is 382 g/mol. The molecular weight excluding hydrogens is 360 g/mol. The molecule has 0 saturated carbocycles. The number of hydrogen-bond donors (Lipinski definition) is 1. The van der Waals surface area contributed by atoms with Gasteiger partial charge in [-0.1, -0.05) is 23.7 Å². The molecule has 2 rings (SSSR count). The molecule has 0 heterocycles. The summed E-state index contributed by atoms with van der Waals surface area (Å²) >= 11 is 5.92. The van der Waals surface area contributed by atoms with Crippen molar-refractivity contribution in [2.75, 3.05) is 25.1 Å². The van der Waals surface area contributed by atoms with Crippen molar-refractivity contribution in [3.05, 3.63) is 53.1 Å². The molecule has 0 radical (unpaired) electrons. The molecule has 0 spiro atoms. The van der Waals surface area contributed by atoms with Gasteiger partial charge in [-0.25, -0.2) is 13.1 Å². The maximum Gasteiger partial charge on any atom is 0.244 e. The van der Waals surface area contributed by atoms with Crippen LogP contribution in [-0.4, -0.2) is 28.6 Å². The van der Waals surface area contributed by atoms with E-state index in [1.54, 1.807) is 6.07 Å². The van der Waals surface area contributed by atoms with Gasteiger partial charge in [-0.2, -0.15) is 0 Å². The number of anilines is 1. The van der Waals surface area contributed by atoms with Gasteiger partial charge in [0, 0.05) is 30.3 Å². The predicted octanol–water partition coefficient (Wildman–Crippen LogP) is 3.67. The van der Waals surface area contributed by atoms with E-state index in [0.717, 1.165) is 24.3 Å². The minimum absolute atomic E-state index is 0.0299. The van der Waals surface area contributed by atoms with E-state index in [4.69, 9.17) is 16.3 Å². The summed E-state index contributed by atoms with van der Waals surface area (Å²) in [5, 5.41) is 0.338. The van der Waals surface area contributed by atoms with E-state index in [2.05, 4.69) is 23.5 Å². The number of hydrogen-bond acceptors (Lipinski definition) is 4. The number of halogens is 1. The number of sulfonamides is 1. The number of ether oxygens (including phenoxy) is 1. The first-order valence-corrected chi connectivity index (χ1v) is 9.94. The maximum atomic E-state index is 12.5. The third-order valence-corrected chi connectivity index (χ3v) is 5.60. The van der Waals surface area contributed by atoms with E-state index in [1.807, 2.05) is 24.3 Å². The van der Waals surface area contributed by atoms with Gasteiger partial charge in [0.25, 0.3) is 0 Å². The lowest BCUT2D eigenvalue weighted by molar-refractivity contribution is 0.402. The molecule has 0 atom stereocenters. The van der Waals surface area contributed by atoms with Crippen molar-refractivity contribution < 1.29 is 13.2 Å². The Labute approximate surface area is 154 Å². The highest BCUT2D eigenvalue weighted by Crippen LogP contribution is 2.27. The van der Waals surface area contributed by atoms with Crippen LogP contribution in [0.1, 0.15) is 19.4 Å². The van der Waals surface area contributed by atoms with Crippen LogP contribution < -0.4 is 14.4 Å². The zero-order valence-electron chi connectivity index (χ0n) is 14.6. The summed E-state index contributed by atoms with van der Waals surface area (Å²) in [6.45, 7) is 6.25. The number of rotatable bonds is 8. The van der Waals surface area contributed by atoms with Gasteiger partial charge < -0.3 is 9.64 Å². The van der Waals surface area contributed by atoms with Gasteiger partial charge in [-0.3, -0.25) is 0 Å². The van der Waals surface area contributed by atoms with E-state index in [1.165, 1.54) is 19.2 Å². The zero-order valence-corrected chi connectivity index (χ0v) is 16.2. The first-order chi connectivity index (χ1) is 11.9. The van der Waals surface area contributed by atoms with Crippen molar-refractivity contribution in [2.45, 2.75) is 25.3 Å². The number of nitrogens with one attached hydrogen (secondary N) is 1. The lowest BCUT2D eigenvalue weighted by atomic mass is 10.2. The van der Waals surface area contributed by atoms with Crippen LogP contribution >= 0.6 is 11.6 Å². The fourth-order valence-corrected chi connectivity index (χ4v) is 3.98. The van der Waals surface area contributed by atoms with Crippen molar-refractivity contribution in [1.29, 1.82) is 0 Å². The molecule has 2 aromatic carbocycles. The van der Waals surface area contributed by atoms with Crippen molar-refractivity contribution in [1.82, 2.24) is 4.72 Å². The molecular formula is C18H23ClN2O3S. The lowest BCUT2D eigenvalue weighted by Gasteiger charge is -2.21. The van der Waals surface area contributed by atoms with Gasteiger partial charge in [0.05, 0.1) is 7.11 Å². The second-order valence-electron chi connectivity index (χ2n) is 5.46. The van der Waals surface area contributed by atoms with Crippen LogP contribution in [0.2, 0.25) is 5.02 Å². The summed E-state index contributed by atoms with van der Waals surface area (Å²) < 4.78 is 32.8. The third kappa shape index (κ3) is 4.87. The quantitative estimate of drug-likeness (QED) is 0.756. The van der Waals surface area contributed by atoms with Gasteiger partial charge in [-0.05, 0) is 49.7 Å². The second kappa shape index (κ2) is 8.56. The molecule has 0 saturated heterocycles. The molecule has 5 nitrogen and oxygen atoms in total. The Morgan fingerprint density at radius 2 is 1.72 bits per heavy atom. The molecule has 1 N–H and O–H groups in total. The van der Waals surface area contributed by atoms with Crippen molar-refractivity contribution in [3.8, 4) is 5.75 Å². The molecule has 0 aliphatic heterocycles. The fraction of sp³-hybridized carbons (Fsp3) is 0.333. The molecule has 0 amide bonds. The Bertz CT molecular complexity index is 804. The standard InChI is InChI=1S/C18H23ClN2O3S/c1-4-21(5-2)16-9-6-14(7-10-16)13-20-25(22,23)18-12-15(19)8-11-17(18)24-3/h6-12,20H,4-5,13H2,1-3H3. The van der Waals surface area contributed by atoms with E-state index >= 15 is 0 Å². The van der Waals surface area contributed by atoms with Crippen molar-refractivity contribution >= 4 is 27.3 Å². The number of benzene rings is 2. The Morgan fingerprint density at radius 3 is 2.28 bits per heavy atom. The van der Waals surface area contributed by atoms with E-state index in [9.17, 15) is 8.42 Å². The van der Waals surface area contributed by atoms with Crippen LogP contribution in [-0.2, 0) is 16.6 Å². The molecule has 0 aliphatic carbocycles. The van der Waals surface area contributed by atoms with Crippen molar-refractivity contribution in [3.63, 3.8) is 0 Å². The average Bonchev–Trinajstić information content (AvgIpc) is 2.62. The van der Waals surface area contributed by atoms with Crippen LogP contribution in [0.4, 0.5) is 5.69 Å². The van der Waals surface area contributed by atoms with Crippen LogP contribution in [0.15, 0.2) is 47.4 Å². The molecule has 7 heteroatoms. The lowest BCUT2D eigenvalue weighted by Crippen LogP contribution is -2.24. The molecule has 0 bridgehead atoms. The minimum atomic E-state index is -3.73. The van der Waals surface area contributed by atoms with Crippen molar-refractivity contribution in [2.24, 2.45) is 0 Å². The summed E-state index contributed by atoms with van der Waals surface area (Å²) in [5.74, 6) is 0.258. The topological polar surface area (TPSA) is 58.6 Å². The largest absolute Gasteiger partial charge is 0.495 e. The number of methoxy groups -OCH3 is 1. The molecule has 0 unspecified atom stereocenters. The molecule has 25 heavy (non-hydrogen) atoms. The summed E-state index contributed by atoms with van der Waals surface area (Å²) in [6, 6.07) is 12.3. The Morgan fingerprint density at radius 1 is 1.08 bits per heavy atom. The summed E-state index contributed by atoms with van der Waals surface area (Å²) in [5.41, 5.74) is 1.99. The molecule has 0 aliphatic rings. The number of nitrogens with zero attached hydrogens (tertiary/aromatic N) is 1. The van der Waals surface area contributed by atoms with E-state index in [0.29, 0.717) is 5.02 Å². The highest BCUT2D eigenvalue weighted by Gasteiger charge is 2.19. The molecule has 136 valence electrons. The minimum Gasteiger partial charge on any atom is -0.495 e. The highest BCUT2D eigenvalue weighted by molar-refractivity contribution is 7.89. The van der Waals surface area contributed by atoms with Gasteiger partial charge in [0.1, 0.15) is 10.6 Å². The van der Waals surface area contributed by atoms with Crippen LogP contribution in [0.25, 0.3) is 0 Å². The first-order valence-electron chi connectivity index (χ1n) is 8.08.